The molecule has 5 nitrogen and oxygen atoms in total. The molecule has 0 bridgehead atoms. The van der Waals surface area contributed by atoms with Crippen molar-refractivity contribution in [2.24, 2.45) is 7.05 Å². The monoisotopic (exact) mass is 213 g/mol. The van der Waals surface area contributed by atoms with Crippen LogP contribution in [0.15, 0.2) is 12.3 Å². The third kappa shape index (κ3) is 1.54. The van der Waals surface area contributed by atoms with Crippen molar-refractivity contribution < 1.29 is 0 Å². The molecular weight excluding hydrogens is 202 g/mol. The number of hydrogen-bond acceptors (Lipinski definition) is 4. The lowest BCUT2D eigenvalue weighted by Gasteiger charge is -2.03. The minimum atomic E-state index is 0.336. The molecule has 0 aliphatic carbocycles. The second-order valence-electron chi connectivity index (χ2n) is 3.64. The largest absolute Gasteiger partial charge is 0.272 e. The summed E-state index contributed by atoms with van der Waals surface area (Å²) in [6.07, 6.45) is 1.76. The second kappa shape index (κ2) is 3.74. The van der Waals surface area contributed by atoms with Gasteiger partial charge in [0, 0.05) is 18.3 Å². The first kappa shape index (κ1) is 10.3. The van der Waals surface area contributed by atoms with Crippen molar-refractivity contribution in [1.29, 1.82) is 5.26 Å². The zero-order valence-corrected chi connectivity index (χ0v) is 9.39. The van der Waals surface area contributed by atoms with Crippen LogP contribution < -0.4 is 0 Å². The van der Waals surface area contributed by atoms with E-state index >= 15 is 0 Å². The van der Waals surface area contributed by atoms with Crippen LogP contribution in [0.25, 0.3) is 11.3 Å². The van der Waals surface area contributed by atoms with E-state index in [1.807, 2.05) is 27.0 Å². The Labute approximate surface area is 93.4 Å². The minimum absolute atomic E-state index is 0.336. The lowest BCUT2D eigenvalue weighted by molar-refractivity contribution is 0.740. The molecule has 0 spiro atoms. The van der Waals surface area contributed by atoms with Crippen molar-refractivity contribution in [1.82, 2.24) is 20.0 Å². The van der Waals surface area contributed by atoms with E-state index in [1.54, 1.807) is 16.9 Å². The first-order valence-electron chi connectivity index (χ1n) is 4.87. The highest BCUT2D eigenvalue weighted by Gasteiger charge is 2.11. The second-order valence-corrected chi connectivity index (χ2v) is 3.64. The number of hydrogen-bond donors (Lipinski definition) is 0. The van der Waals surface area contributed by atoms with Crippen LogP contribution in [-0.2, 0) is 7.05 Å². The minimum Gasteiger partial charge on any atom is -0.272 e. The first-order valence-corrected chi connectivity index (χ1v) is 4.87. The van der Waals surface area contributed by atoms with Gasteiger partial charge in [0.15, 0.2) is 5.69 Å². The highest BCUT2D eigenvalue weighted by atomic mass is 15.3. The van der Waals surface area contributed by atoms with E-state index in [-0.39, 0.29) is 0 Å². The molecule has 2 aromatic heterocycles. The average molecular weight is 213 g/mol. The molecule has 2 rings (SSSR count). The van der Waals surface area contributed by atoms with Crippen molar-refractivity contribution in [2.45, 2.75) is 13.8 Å². The van der Waals surface area contributed by atoms with Gasteiger partial charge in [-0.3, -0.25) is 4.68 Å². The summed E-state index contributed by atoms with van der Waals surface area (Å²) in [5.41, 5.74) is 4.04. The van der Waals surface area contributed by atoms with Gasteiger partial charge in [0.05, 0.1) is 11.9 Å². The molecule has 0 amide bonds. The van der Waals surface area contributed by atoms with Crippen LogP contribution in [-0.4, -0.2) is 20.0 Å². The van der Waals surface area contributed by atoms with Gasteiger partial charge in [0.2, 0.25) is 0 Å². The number of aryl methyl sites for hydroxylation is 2. The molecular formula is C11H11N5. The van der Waals surface area contributed by atoms with E-state index in [1.165, 1.54) is 0 Å². The molecule has 0 N–H and O–H groups in total. The van der Waals surface area contributed by atoms with Crippen molar-refractivity contribution >= 4 is 0 Å². The van der Waals surface area contributed by atoms with Crippen LogP contribution >= 0.6 is 0 Å². The van der Waals surface area contributed by atoms with Crippen molar-refractivity contribution in [3.63, 3.8) is 0 Å². The molecule has 5 heteroatoms. The topological polar surface area (TPSA) is 67.4 Å². The normalized spacial score (nSPS) is 10.1. The smallest absolute Gasteiger partial charge is 0.163 e. The van der Waals surface area contributed by atoms with E-state index in [2.05, 4.69) is 15.3 Å². The van der Waals surface area contributed by atoms with Crippen LogP contribution in [0.3, 0.4) is 0 Å². The first-order chi connectivity index (χ1) is 7.63. The molecule has 2 aromatic rings. The lowest BCUT2D eigenvalue weighted by Crippen LogP contribution is -1.97. The van der Waals surface area contributed by atoms with Gasteiger partial charge in [0.25, 0.3) is 0 Å². The zero-order valence-electron chi connectivity index (χ0n) is 9.39. The Morgan fingerprint density at radius 3 is 2.56 bits per heavy atom. The molecule has 0 radical (unpaired) electrons. The van der Waals surface area contributed by atoms with Crippen molar-refractivity contribution in [3.05, 3.63) is 29.2 Å². The Morgan fingerprint density at radius 1 is 1.31 bits per heavy atom. The van der Waals surface area contributed by atoms with Crippen molar-refractivity contribution in [3.8, 4) is 17.3 Å². The summed E-state index contributed by atoms with van der Waals surface area (Å²) in [7, 11) is 1.88. The zero-order chi connectivity index (χ0) is 11.7. The maximum Gasteiger partial charge on any atom is 0.163 e. The fourth-order valence-corrected chi connectivity index (χ4v) is 1.54. The molecule has 2 heterocycles. The van der Waals surface area contributed by atoms with Gasteiger partial charge < -0.3 is 0 Å². The van der Waals surface area contributed by atoms with Crippen LogP contribution in [0.4, 0.5) is 0 Å². The maximum absolute atomic E-state index is 8.71. The molecule has 16 heavy (non-hydrogen) atoms. The van der Waals surface area contributed by atoms with Crippen molar-refractivity contribution in [2.75, 3.05) is 0 Å². The highest BCUT2D eigenvalue weighted by molar-refractivity contribution is 5.64. The molecule has 0 aliphatic rings. The Balaban J connectivity index is 2.58. The summed E-state index contributed by atoms with van der Waals surface area (Å²) < 4.78 is 1.79. The molecule has 0 saturated heterocycles. The number of rotatable bonds is 1. The van der Waals surface area contributed by atoms with E-state index in [9.17, 15) is 0 Å². The Kier molecular flexibility index (Phi) is 2.41. The molecule has 0 unspecified atom stereocenters. The third-order valence-electron chi connectivity index (χ3n) is 2.59. The van der Waals surface area contributed by atoms with Gasteiger partial charge in [-0.15, -0.1) is 10.2 Å². The van der Waals surface area contributed by atoms with E-state index in [4.69, 9.17) is 5.26 Å². The molecule has 0 saturated carbocycles. The quantitative estimate of drug-likeness (QED) is 0.717. The Hall–Kier alpha value is -2.22. The fraction of sp³-hybridized carbons (Fsp3) is 0.273. The SMILES string of the molecule is Cc1cc(C#N)nnc1-c1cnn(C)c1C. The highest BCUT2D eigenvalue weighted by Crippen LogP contribution is 2.23. The molecule has 0 fully saturated rings. The standard InChI is InChI=1S/C11H11N5/c1-7-4-9(5-12)14-15-11(7)10-6-13-16(3)8(10)2/h4,6H,1-3H3. The van der Waals surface area contributed by atoms with Crippen LogP contribution in [0.2, 0.25) is 0 Å². The molecule has 0 aromatic carbocycles. The molecule has 0 atom stereocenters. The number of aromatic nitrogens is 4. The number of nitriles is 1. The van der Waals surface area contributed by atoms with Crippen LogP contribution in [0.1, 0.15) is 17.0 Å². The number of nitrogens with zero attached hydrogens (tertiary/aromatic N) is 5. The Bertz CT molecular complexity index is 577. The molecule has 0 aliphatic heterocycles. The van der Waals surface area contributed by atoms with Gasteiger partial charge >= 0.3 is 0 Å². The van der Waals surface area contributed by atoms with Crippen LogP contribution in [0, 0.1) is 25.2 Å². The van der Waals surface area contributed by atoms with E-state index in [0.717, 1.165) is 22.5 Å². The van der Waals surface area contributed by atoms with Gasteiger partial charge in [-0.05, 0) is 25.5 Å². The maximum atomic E-state index is 8.71. The predicted octanol–water partition coefficient (Wildman–Crippen LogP) is 1.37. The summed E-state index contributed by atoms with van der Waals surface area (Å²) in [5, 5.41) is 20.8. The summed E-state index contributed by atoms with van der Waals surface area (Å²) in [4.78, 5) is 0. The Morgan fingerprint density at radius 2 is 2.06 bits per heavy atom. The lowest BCUT2D eigenvalue weighted by atomic mass is 10.1. The van der Waals surface area contributed by atoms with Gasteiger partial charge in [-0.1, -0.05) is 0 Å². The van der Waals surface area contributed by atoms with E-state index in [0.29, 0.717) is 5.69 Å². The van der Waals surface area contributed by atoms with E-state index < -0.39 is 0 Å². The summed E-state index contributed by atoms with van der Waals surface area (Å²) >= 11 is 0. The van der Waals surface area contributed by atoms with Crippen LogP contribution in [0.5, 0.6) is 0 Å². The molecule has 80 valence electrons. The van der Waals surface area contributed by atoms with Gasteiger partial charge in [0.1, 0.15) is 6.07 Å². The van der Waals surface area contributed by atoms with Gasteiger partial charge in [-0.25, -0.2) is 0 Å². The predicted molar refractivity (Wildman–Crippen MR) is 58.4 cm³/mol. The van der Waals surface area contributed by atoms with Gasteiger partial charge in [-0.2, -0.15) is 10.4 Å². The summed E-state index contributed by atoms with van der Waals surface area (Å²) in [6.45, 7) is 3.89. The average Bonchev–Trinajstić information content (AvgIpc) is 2.60. The summed E-state index contributed by atoms with van der Waals surface area (Å²) in [6, 6.07) is 3.70. The third-order valence-corrected chi connectivity index (χ3v) is 2.59. The fourth-order valence-electron chi connectivity index (χ4n) is 1.54. The summed E-state index contributed by atoms with van der Waals surface area (Å²) in [5.74, 6) is 0.